The Labute approximate surface area is 194 Å². The van der Waals surface area contributed by atoms with Gasteiger partial charge in [-0.3, -0.25) is 4.79 Å². The molecule has 0 spiro atoms. The van der Waals surface area contributed by atoms with Gasteiger partial charge < -0.3 is 4.74 Å². The second kappa shape index (κ2) is 9.65. The zero-order valence-corrected chi connectivity index (χ0v) is 19.3. The first-order valence-corrected chi connectivity index (χ1v) is 11.0. The molecule has 0 radical (unpaired) electrons. The normalized spacial score (nSPS) is 11.2. The monoisotopic (exact) mass is 437 g/mol. The van der Waals surface area contributed by atoms with Crippen molar-refractivity contribution in [2.75, 3.05) is 6.61 Å². The third kappa shape index (κ3) is 4.93. The summed E-state index contributed by atoms with van der Waals surface area (Å²) in [4.78, 5) is 17.9. The molecule has 4 rings (SSSR count). The molecule has 5 heteroatoms. The number of nitrogens with one attached hydrogen (secondary N) is 1. The van der Waals surface area contributed by atoms with Gasteiger partial charge in [-0.25, -0.2) is 10.4 Å². The molecule has 0 unspecified atom stereocenters. The minimum atomic E-state index is -0.278. The zero-order valence-electron chi connectivity index (χ0n) is 19.3. The first kappa shape index (κ1) is 22.2. The van der Waals surface area contributed by atoms with Crippen LogP contribution in [-0.4, -0.2) is 23.7 Å². The lowest BCUT2D eigenvalue weighted by Gasteiger charge is -2.10. The summed E-state index contributed by atoms with van der Waals surface area (Å²) in [5, 5.41) is 5.03. The Balaban J connectivity index is 1.66. The second-order valence-corrected chi connectivity index (χ2v) is 8.04. The van der Waals surface area contributed by atoms with Crippen LogP contribution in [0.25, 0.3) is 22.2 Å². The quantitative estimate of drug-likeness (QED) is 0.298. The number of hydrazone groups is 1. The number of aryl methyl sites for hydroxylation is 3. The van der Waals surface area contributed by atoms with E-state index in [4.69, 9.17) is 9.72 Å². The van der Waals surface area contributed by atoms with Gasteiger partial charge in [0, 0.05) is 16.5 Å². The van der Waals surface area contributed by atoms with Crippen LogP contribution < -0.4 is 10.2 Å². The van der Waals surface area contributed by atoms with Crippen molar-refractivity contribution in [3.63, 3.8) is 0 Å². The highest BCUT2D eigenvalue weighted by Gasteiger charge is 2.14. The molecule has 0 aliphatic heterocycles. The molecule has 1 amide bonds. The Kier molecular flexibility index (Phi) is 6.50. The lowest BCUT2D eigenvalue weighted by molar-refractivity contribution is 0.0956. The molecular formula is C28H27N3O2. The van der Waals surface area contributed by atoms with E-state index in [1.807, 2.05) is 75.4 Å². The Morgan fingerprint density at radius 3 is 2.39 bits per heavy atom. The van der Waals surface area contributed by atoms with Gasteiger partial charge in [0.1, 0.15) is 5.75 Å². The number of fused-ring (bicyclic) bond motifs is 1. The van der Waals surface area contributed by atoms with Gasteiger partial charge in [0.2, 0.25) is 0 Å². The minimum absolute atomic E-state index is 0.278. The maximum atomic E-state index is 13.1. The van der Waals surface area contributed by atoms with Crippen LogP contribution in [0.2, 0.25) is 0 Å². The maximum Gasteiger partial charge on any atom is 0.272 e. The van der Waals surface area contributed by atoms with Crippen molar-refractivity contribution in [2.24, 2.45) is 5.10 Å². The highest BCUT2D eigenvalue weighted by atomic mass is 16.5. The Bertz CT molecular complexity index is 1320. The van der Waals surface area contributed by atoms with E-state index >= 15 is 0 Å². The molecule has 0 saturated heterocycles. The molecule has 1 aromatic heterocycles. The summed E-state index contributed by atoms with van der Waals surface area (Å²) in [6.45, 7) is 8.72. The second-order valence-electron chi connectivity index (χ2n) is 8.04. The van der Waals surface area contributed by atoms with Crippen molar-refractivity contribution in [3.8, 4) is 17.0 Å². The summed E-state index contributed by atoms with van der Waals surface area (Å²) in [6, 6.07) is 21.4. The average molecular weight is 438 g/mol. The van der Waals surface area contributed by atoms with Crippen LogP contribution in [0.15, 0.2) is 71.8 Å². The molecule has 4 aromatic rings. The highest BCUT2D eigenvalue weighted by molar-refractivity contribution is 6.07. The fraction of sp³-hybridized carbons (Fsp3) is 0.179. The molecule has 5 nitrogen and oxygen atoms in total. The summed E-state index contributed by atoms with van der Waals surface area (Å²) in [7, 11) is 0. The topological polar surface area (TPSA) is 63.6 Å². The van der Waals surface area contributed by atoms with Crippen LogP contribution >= 0.6 is 0 Å². The van der Waals surface area contributed by atoms with E-state index in [-0.39, 0.29) is 5.91 Å². The van der Waals surface area contributed by atoms with Gasteiger partial charge in [-0.05, 0) is 75.2 Å². The zero-order chi connectivity index (χ0) is 23.4. The van der Waals surface area contributed by atoms with Gasteiger partial charge in [0.15, 0.2) is 0 Å². The van der Waals surface area contributed by atoms with Crippen LogP contribution in [-0.2, 0) is 0 Å². The van der Waals surface area contributed by atoms with Crippen molar-refractivity contribution in [2.45, 2.75) is 27.7 Å². The minimum Gasteiger partial charge on any atom is -0.494 e. The third-order valence-corrected chi connectivity index (χ3v) is 5.52. The Morgan fingerprint density at radius 1 is 1.00 bits per heavy atom. The lowest BCUT2D eigenvalue weighted by atomic mass is 10.0. The number of amides is 1. The molecule has 166 valence electrons. The van der Waals surface area contributed by atoms with Crippen molar-refractivity contribution < 1.29 is 9.53 Å². The van der Waals surface area contributed by atoms with Crippen LogP contribution in [0.1, 0.15) is 39.5 Å². The SMILES string of the molecule is CCOc1ccc(-c2cc(C(=O)N/N=C\c3c(C)cc(C)cc3C)c3ccccc3n2)cc1. The van der Waals surface area contributed by atoms with Gasteiger partial charge in [-0.15, -0.1) is 0 Å². The molecular weight excluding hydrogens is 410 g/mol. The largest absolute Gasteiger partial charge is 0.494 e. The fourth-order valence-electron chi connectivity index (χ4n) is 4.01. The van der Waals surface area contributed by atoms with Gasteiger partial charge in [0.05, 0.1) is 29.6 Å². The van der Waals surface area contributed by atoms with Gasteiger partial charge in [-0.1, -0.05) is 35.9 Å². The molecule has 1 heterocycles. The Morgan fingerprint density at radius 2 is 1.70 bits per heavy atom. The molecule has 0 fully saturated rings. The van der Waals surface area contributed by atoms with E-state index in [9.17, 15) is 4.79 Å². The van der Waals surface area contributed by atoms with E-state index in [0.717, 1.165) is 44.6 Å². The predicted octanol–water partition coefficient (Wildman–Crippen LogP) is 5.99. The smallest absolute Gasteiger partial charge is 0.272 e. The first-order chi connectivity index (χ1) is 16.0. The summed E-state index contributed by atoms with van der Waals surface area (Å²) in [6.07, 6.45) is 1.71. The van der Waals surface area contributed by atoms with Gasteiger partial charge in [-0.2, -0.15) is 5.10 Å². The lowest BCUT2D eigenvalue weighted by Crippen LogP contribution is -2.18. The summed E-state index contributed by atoms with van der Waals surface area (Å²) in [5.74, 6) is 0.524. The number of nitrogens with zero attached hydrogens (tertiary/aromatic N) is 2. The third-order valence-electron chi connectivity index (χ3n) is 5.52. The first-order valence-electron chi connectivity index (χ1n) is 11.0. The number of carbonyl (C=O) groups excluding carboxylic acids is 1. The summed E-state index contributed by atoms with van der Waals surface area (Å²) in [5.41, 5.74) is 10.1. The van der Waals surface area contributed by atoms with E-state index in [0.29, 0.717) is 12.2 Å². The number of aromatic nitrogens is 1. The molecule has 1 N–H and O–H groups in total. The van der Waals surface area contributed by atoms with Crippen molar-refractivity contribution in [1.29, 1.82) is 0 Å². The van der Waals surface area contributed by atoms with E-state index in [1.54, 1.807) is 6.21 Å². The predicted molar refractivity (Wildman–Crippen MR) is 134 cm³/mol. The molecule has 0 aliphatic carbocycles. The number of benzene rings is 3. The van der Waals surface area contributed by atoms with E-state index in [1.165, 1.54) is 5.56 Å². The van der Waals surface area contributed by atoms with Crippen LogP contribution in [0.5, 0.6) is 5.75 Å². The summed E-state index contributed by atoms with van der Waals surface area (Å²) >= 11 is 0. The Hall–Kier alpha value is -3.99. The fourth-order valence-corrected chi connectivity index (χ4v) is 4.01. The number of para-hydroxylation sites is 1. The number of ether oxygens (including phenoxy) is 1. The molecule has 0 saturated carbocycles. The highest BCUT2D eigenvalue weighted by Crippen LogP contribution is 2.26. The van der Waals surface area contributed by atoms with Crippen LogP contribution in [0.4, 0.5) is 0 Å². The molecule has 0 aliphatic rings. The molecule has 3 aromatic carbocycles. The van der Waals surface area contributed by atoms with Gasteiger partial charge >= 0.3 is 0 Å². The number of pyridine rings is 1. The van der Waals surface area contributed by atoms with Crippen LogP contribution in [0, 0.1) is 20.8 Å². The average Bonchev–Trinajstić information content (AvgIpc) is 2.80. The molecule has 0 atom stereocenters. The van der Waals surface area contributed by atoms with Crippen LogP contribution in [0.3, 0.4) is 0 Å². The maximum absolute atomic E-state index is 13.1. The number of carbonyl (C=O) groups is 1. The number of hydrogen-bond donors (Lipinski definition) is 1. The van der Waals surface area contributed by atoms with E-state index in [2.05, 4.69) is 29.6 Å². The van der Waals surface area contributed by atoms with Crippen molar-refractivity contribution in [1.82, 2.24) is 10.4 Å². The number of rotatable bonds is 6. The van der Waals surface area contributed by atoms with Crippen molar-refractivity contribution in [3.05, 3.63) is 94.5 Å². The molecule has 33 heavy (non-hydrogen) atoms. The standard InChI is InChI=1S/C28H27N3O2/c1-5-33-22-12-10-21(11-13-22)27-16-24(23-8-6-7-9-26(23)30-27)28(32)31-29-17-25-19(3)14-18(2)15-20(25)4/h6-17H,5H2,1-4H3,(H,31,32)/b29-17-. The van der Waals surface area contributed by atoms with E-state index < -0.39 is 0 Å². The van der Waals surface area contributed by atoms with Gasteiger partial charge in [0.25, 0.3) is 5.91 Å². The molecule has 0 bridgehead atoms. The number of hydrogen-bond acceptors (Lipinski definition) is 4. The summed E-state index contributed by atoms with van der Waals surface area (Å²) < 4.78 is 5.53. The van der Waals surface area contributed by atoms with Crippen molar-refractivity contribution >= 4 is 23.0 Å².